The number of hydrogen-bond acceptors (Lipinski definition) is 4. The number of rotatable bonds is 4. The molecule has 0 bridgehead atoms. The maximum absolute atomic E-state index is 12.0. The molecule has 156 valence electrons. The zero-order valence-electron chi connectivity index (χ0n) is 18.0. The van der Waals surface area contributed by atoms with Crippen LogP contribution in [0, 0.1) is 0 Å². The van der Waals surface area contributed by atoms with Gasteiger partial charge in [-0.05, 0) is 11.6 Å². The molecule has 29 heavy (non-hydrogen) atoms. The zero-order valence-corrected chi connectivity index (χ0v) is 18.0. The van der Waals surface area contributed by atoms with Gasteiger partial charge in [-0.25, -0.2) is 0 Å². The number of benzene rings is 2. The number of anilines is 1. The second-order valence-corrected chi connectivity index (χ2v) is 6.33. The molecular weight excluding hydrogens is 362 g/mol. The number of nitrogens with one attached hydrogen (secondary N) is 1. The molecule has 2 heterocycles. The van der Waals surface area contributed by atoms with E-state index in [2.05, 4.69) is 10.2 Å². The van der Waals surface area contributed by atoms with Crippen molar-refractivity contribution >= 4 is 22.6 Å². The number of hydrogen-bond donors (Lipinski definition) is 2. The molecule has 1 aromatic heterocycles. The predicted octanol–water partition coefficient (Wildman–Crippen LogP) is 4.58. The van der Waals surface area contributed by atoms with Crippen LogP contribution >= 0.6 is 0 Å². The molecule has 0 radical (unpaired) electrons. The van der Waals surface area contributed by atoms with Gasteiger partial charge in [0.15, 0.2) is 11.3 Å². The minimum absolute atomic E-state index is 0.265. The molecule has 1 aliphatic heterocycles. The normalized spacial score (nSPS) is 13.2. The van der Waals surface area contributed by atoms with Crippen LogP contribution in [0.3, 0.4) is 0 Å². The second kappa shape index (κ2) is 11.3. The number of carbonyl (C=O) groups excluding carboxylic acids is 1. The van der Waals surface area contributed by atoms with Crippen molar-refractivity contribution < 1.29 is 9.21 Å². The average molecular weight is 396 g/mol. The van der Waals surface area contributed by atoms with E-state index in [1.807, 2.05) is 76.2 Å². The number of nitrogens with two attached hydrogens (primary N) is 1. The Morgan fingerprint density at radius 3 is 2.28 bits per heavy atom. The first-order valence-corrected chi connectivity index (χ1v) is 10.6. The molecule has 4 rings (SSSR count). The van der Waals surface area contributed by atoms with Gasteiger partial charge >= 0.3 is 0 Å². The summed E-state index contributed by atoms with van der Waals surface area (Å²) >= 11 is 0. The van der Waals surface area contributed by atoms with Crippen LogP contribution in [0.5, 0.6) is 0 Å². The summed E-state index contributed by atoms with van der Waals surface area (Å²) in [5, 5.41) is 4.32. The maximum atomic E-state index is 12.0. The van der Waals surface area contributed by atoms with Crippen LogP contribution in [0.15, 0.2) is 52.9 Å². The first-order valence-electron chi connectivity index (χ1n) is 10.6. The molecular formula is C24H33N3O2. The van der Waals surface area contributed by atoms with Gasteiger partial charge < -0.3 is 20.4 Å². The van der Waals surface area contributed by atoms with E-state index in [1.165, 1.54) is 0 Å². The van der Waals surface area contributed by atoms with Crippen molar-refractivity contribution in [1.29, 1.82) is 0 Å². The molecule has 1 fully saturated rings. The number of primary amides is 1. The Morgan fingerprint density at radius 1 is 1.00 bits per heavy atom. The maximum Gasteiger partial charge on any atom is 0.284 e. The average Bonchev–Trinajstić information content (AvgIpc) is 3.17. The molecule has 0 aliphatic carbocycles. The fourth-order valence-electron chi connectivity index (χ4n) is 3.48. The molecule has 0 unspecified atom stereocenters. The molecule has 5 heteroatoms. The summed E-state index contributed by atoms with van der Waals surface area (Å²) in [4.78, 5) is 14.3. The van der Waals surface area contributed by atoms with E-state index in [9.17, 15) is 4.79 Å². The Kier molecular flexibility index (Phi) is 8.74. The van der Waals surface area contributed by atoms with Crippen LogP contribution in [-0.4, -0.2) is 32.1 Å². The highest BCUT2D eigenvalue weighted by Crippen LogP contribution is 2.34. The highest BCUT2D eigenvalue weighted by Gasteiger charge is 2.23. The molecule has 1 aliphatic rings. The van der Waals surface area contributed by atoms with Crippen molar-refractivity contribution in [3.05, 3.63) is 65.4 Å². The Labute approximate surface area is 173 Å². The van der Waals surface area contributed by atoms with Gasteiger partial charge in [0.25, 0.3) is 5.91 Å². The van der Waals surface area contributed by atoms with Crippen LogP contribution in [0.2, 0.25) is 0 Å². The van der Waals surface area contributed by atoms with E-state index in [-0.39, 0.29) is 5.76 Å². The zero-order chi connectivity index (χ0) is 21.2. The highest BCUT2D eigenvalue weighted by atomic mass is 16.3. The SMILES string of the molecule is CC.CC.NC(=O)c1oc2c(N3CCNCC3)cccc2c1Cc1ccccc1. The topological polar surface area (TPSA) is 71.5 Å². The van der Waals surface area contributed by atoms with Crippen LogP contribution < -0.4 is 16.0 Å². The summed E-state index contributed by atoms with van der Waals surface area (Å²) in [6, 6.07) is 16.1. The quantitative estimate of drug-likeness (QED) is 0.678. The lowest BCUT2D eigenvalue weighted by Gasteiger charge is -2.29. The second-order valence-electron chi connectivity index (χ2n) is 6.33. The first-order chi connectivity index (χ1) is 14.2. The van der Waals surface area contributed by atoms with Crippen LogP contribution in [0.1, 0.15) is 49.4 Å². The van der Waals surface area contributed by atoms with Crippen LogP contribution in [0.25, 0.3) is 11.0 Å². The third-order valence-electron chi connectivity index (χ3n) is 4.70. The van der Waals surface area contributed by atoms with E-state index in [1.54, 1.807) is 0 Å². The summed E-state index contributed by atoms with van der Waals surface area (Å²) < 4.78 is 5.98. The number of amides is 1. The monoisotopic (exact) mass is 395 g/mol. The summed E-state index contributed by atoms with van der Waals surface area (Å²) in [5.74, 6) is -0.255. The van der Waals surface area contributed by atoms with Gasteiger partial charge in [0, 0.05) is 43.5 Å². The smallest absolute Gasteiger partial charge is 0.284 e. The number of fused-ring (bicyclic) bond motifs is 1. The van der Waals surface area contributed by atoms with Gasteiger partial charge in [0.2, 0.25) is 0 Å². The van der Waals surface area contributed by atoms with Gasteiger partial charge in [-0.15, -0.1) is 0 Å². The summed E-state index contributed by atoms with van der Waals surface area (Å²) in [7, 11) is 0. The molecule has 0 spiro atoms. The van der Waals surface area contributed by atoms with Gasteiger partial charge in [-0.1, -0.05) is 70.2 Å². The van der Waals surface area contributed by atoms with Crippen molar-refractivity contribution in [1.82, 2.24) is 5.32 Å². The molecule has 3 aromatic rings. The molecule has 1 amide bonds. The first kappa shape index (κ1) is 22.5. The number of piperazine rings is 1. The van der Waals surface area contributed by atoms with E-state index >= 15 is 0 Å². The molecule has 3 N–H and O–H groups in total. The number of furan rings is 1. The molecule has 5 nitrogen and oxygen atoms in total. The van der Waals surface area contributed by atoms with E-state index in [4.69, 9.17) is 10.2 Å². The van der Waals surface area contributed by atoms with E-state index in [0.29, 0.717) is 6.42 Å². The fourth-order valence-corrected chi connectivity index (χ4v) is 3.48. The number of para-hydroxylation sites is 1. The summed E-state index contributed by atoms with van der Waals surface area (Å²) in [6.45, 7) is 11.7. The number of nitrogens with zero attached hydrogens (tertiary/aromatic N) is 1. The van der Waals surface area contributed by atoms with Gasteiger partial charge in [-0.3, -0.25) is 4.79 Å². The molecule has 0 saturated carbocycles. The van der Waals surface area contributed by atoms with E-state index < -0.39 is 5.91 Å². The largest absolute Gasteiger partial charge is 0.448 e. The third-order valence-corrected chi connectivity index (χ3v) is 4.70. The minimum atomic E-state index is -0.520. The van der Waals surface area contributed by atoms with E-state index in [0.717, 1.165) is 54.0 Å². The van der Waals surface area contributed by atoms with Crippen molar-refractivity contribution in [2.45, 2.75) is 34.1 Å². The van der Waals surface area contributed by atoms with Gasteiger partial charge in [-0.2, -0.15) is 0 Å². The van der Waals surface area contributed by atoms with Gasteiger partial charge in [0.1, 0.15) is 0 Å². The lowest BCUT2D eigenvalue weighted by atomic mass is 10.0. The highest BCUT2D eigenvalue weighted by molar-refractivity contribution is 6.01. The van der Waals surface area contributed by atoms with Crippen molar-refractivity contribution in [2.75, 3.05) is 31.1 Å². The Bertz CT molecular complexity index is 897. The Balaban J connectivity index is 0.000000707. The standard InChI is InChI=1S/C20H21N3O2.2C2H6/c21-20(24)19-16(13-14-5-2-1-3-6-14)15-7-4-8-17(18(15)25-19)23-11-9-22-10-12-23;2*1-2/h1-8,22H,9-13H2,(H2,21,24);2*1-2H3. The number of carbonyl (C=O) groups is 1. The van der Waals surface area contributed by atoms with Gasteiger partial charge in [0.05, 0.1) is 5.69 Å². The molecule has 1 saturated heterocycles. The lowest BCUT2D eigenvalue weighted by Crippen LogP contribution is -2.43. The van der Waals surface area contributed by atoms with Crippen molar-refractivity contribution in [3.8, 4) is 0 Å². The van der Waals surface area contributed by atoms with Crippen molar-refractivity contribution in [3.63, 3.8) is 0 Å². The lowest BCUT2D eigenvalue weighted by molar-refractivity contribution is 0.0975. The Morgan fingerprint density at radius 2 is 1.66 bits per heavy atom. The predicted molar refractivity (Wildman–Crippen MR) is 122 cm³/mol. The van der Waals surface area contributed by atoms with Crippen LogP contribution in [0.4, 0.5) is 5.69 Å². The summed E-state index contributed by atoms with van der Waals surface area (Å²) in [5.41, 5.74) is 9.38. The fraction of sp³-hybridized carbons (Fsp3) is 0.375. The van der Waals surface area contributed by atoms with Crippen molar-refractivity contribution in [2.24, 2.45) is 5.73 Å². The summed E-state index contributed by atoms with van der Waals surface area (Å²) in [6.07, 6.45) is 0.622. The third kappa shape index (κ3) is 5.18. The molecule has 2 aromatic carbocycles. The minimum Gasteiger partial charge on any atom is -0.448 e. The Hall–Kier alpha value is -2.79. The molecule has 0 atom stereocenters. The van der Waals surface area contributed by atoms with Crippen LogP contribution in [-0.2, 0) is 6.42 Å².